The van der Waals surface area contributed by atoms with Crippen LogP contribution in [0, 0.1) is 0 Å². The van der Waals surface area contributed by atoms with E-state index in [9.17, 15) is 8.42 Å². The third-order valence-corrected chi connectivity index (χ3v) is 7.15. The molecule has 2 rings (SSSR count). The van der Waals surface area contributed by atoms with Crippen molar-refractivity contribution < 1.29 is 8.42 Å². The number of thioether (sulfide) groups is 1. The van der Waals surface area contributed by atoms with Gasteiger partial charge in [-0.15, -0.1) is 11.3 Å². The quantitative estimate of drug-likeness (QED) is 0.919. The van der Waals surface area contributed by atoms with Crippen molar-refractivity contribution in [3.8, 4) is 0 Å². The summed E-state index contributed by atoms with van der Waals surface area (Å²) in [7, 11) is -3.31. The number of thiophene rings is 1. The van der Waals surface area contributed by atoms with Gasteiger partial charge in [-0.1, -0.05) is 0 Å². The van der Waals surface area contributed by atoms with E-state index >= 15 is 0 Å². The van der Waals surface area contributed by atoms with Crippen LogP contribution in [0.4, 0.5) is 0 Å². The molecule has 0 amide bonds. The predicted octanol–water partition coefficient (Wildman–Crippen LogP) is 2.68. The molecule has 1 aromatic heterocycles. The summed E-state index contributed by atoms with van der Waals surface area (Å²) in [5, 5.41) is 0. The van der Waals surface area contributed by atoms with Gasteiger partial charge in [-0.05, 0) is 46.7 Å². The molecule has 1 saturated heterocycles. The molecule has 0 saturated carbocycles. The van der Waals surface area contributed by atoms with Crippen molar-refractivity contribution in [2.24, 2.45) is 0 Å². The average Bonchev–Trinajstić information content (AvgIpc) is 2.66. The van der Waals surface area contributed by atoms with E-state index in [0.717, 1.165) is 28.1 Å². The van der Waals surface area contributed by atoms with Crippen LogP contribution in [0.1, 0.15) is 12.8 Å². The summed E-state index contributed by atoms with van der Waals surface area (Å²) >= 11 is 6.33. The fourth-order valence-corrected chi connectivity index (χ4v) is 6.03. The predicted molar refractivity (Wildman–Crippen MR) is 72.7 cm³/mol. The summed E-state index contributed by atoms with van der Waals surface area (Å²) in [6, 6.07) is 3.48. The monoisotopic (exact) mass is 341 g/mol. The SMILES string of the molecule is O=S(=O)(NC1CCCSC1)c1ccc(Br)s1. The second kappa shape index (κ2) is 5.39. The Morgan fingerprint density at radius 2 is 2.25 bits per heavy atom. The van der Waals surface area contributed by atoms with E-state index in [1.165, 1.54) is 11.3 Å². The van der Waals surface area contributed by atoms with E-state index in [0.29, 0.717) is 4.21 Å². The van der Waals surface area contributed by atoms with Crippen LogP contribution < -0.4 is 4.72 Å². The molecule has 0 radical (unpaired) electrons. The van der Waals surface area contributed by atoms with Gasteiger partial charge in [0, 0.05) is 11.8 Å². The van der Waals surface area contributed by atoms with Crippen molar-refractivity contribution in [2.75, 3.05) is 11.5 Å². The Morgan fingerprint density at radius 1 is 1.44 bits per heavy atom. The largest absolute Gasteiger partial charge is 0.250 e. The van der Waals surface area contributed by atoms with Crippen molar-refractivity contribution in [1.82, 2.24) is 4.72 Å². The maximum atomic E-state index is 12.0. The van der Waals surface area contributed by atoms with Gasteiger partial charge in [-0.2, -0.15) is 11.8 Å². The molecule has 1 atom stereocenters. The molecule has 0 aromatic carbocycles. The first-order valence-electron chi connectivity index (χ1n) is 4.93. The van der Waals surface area contributed by atoms with Gasteiger partial charge in [0.1, 0.15) is 4.21 Å². The van der Waals surface area contributed by atoms with Crippen LogP contribution in [0.25, 0.3) is 0 Å². The fraction of sp³-hybridized carbons (Fsp3) is 0.556. The highest BCUT2D eigenvalue weighted by Crippen LogP contribution is 2.27. The van der Waals surface area contributed by atoms with Crippen molar-refractivity contribution in [3.05, 3.63) is 15.9 Å². The van der Waals surface area contributed by atoms with Gasteiger partial charge in [0.2, 0.25) is 10.0 Å². The first-order chi connectivity index (χ1) is 7.58. The van der Waals surface area contributed by atoms with E-state index in [1.807, 2.05) is 11.8 Å². The topological polar surface area (TPSA) is 46.2 Å². The summed E-state index contributed by atoms with van der Waals surface area (Å²) in [5.74, 6) is 2.02. The molecule has 1 N–H and O–H groups in total. The van der Waals surface area contributed by atoms with E-state index in [2.05, 4.69) is 20.7 Å². The van der Waals surface area contributed by atoms with Gasteiger partial charge in [0.25, 0.3) is 0 Å². The van der Waals surface area contributed by atoms with E-state index in [-0.39, 0.29) is 6.04 Å². The minimum atomic E-state index is -3.31. The Kier molecular flexibility index (Phi) is 4.34. The molecule has 1 fully saturated rings. The van der Waals surface area contributed by atoms with Gasteiger partial charge >= 0.3 is 0 Å². The summed E-state index contributed by atoms with van der Waals surface area (Å²) in [6.45, 7) is 0. The first kappa shape index (κ1) is 12.9. The Balaban J connectivity index is 2.07. The molecule has 0 bridgehead atoms. The van der Waals surface area contributed by atoms with Gasteiger partial charge in [-0.3, -0.25) is 0 Å². The molecule has 0 spiro atoms. The highest BCUT2D eigenvalue weighted by molar-refractivity contribution is 9.11. The summed E-state index contributed by atoms with van der Waals surface area (Å²) in [5.41, 5.74) is 0. The van der Waals surface area contributed by atoms with Gasteiger partial charge in [0.15, 0.2) is 0 Å². The van der Waals surface area contributed by atoms with Crippen molar-refractivity contribution in [3.63, 3.8) is 0 Å². The molecular weight excluding hydrogens is 330 g/mol. The summed E-state index contributed by atoms with van der Waals surface area (Å²) < 4.78 is 28.0. The Labute approximate surface area is 112 Å². The van der Waals surface area contributed by atoms with E-state index < -0.39 is 10.0 Å². The molecule has 1 aliphatic rings. The van der Waals surface area contributed by atoms with Gasteiger partial charge in [-0.25, -0.2) is 13.1 Å². The molecular formula is C9H12BrNO2S3. The average molecular weight is 342 g/mol. The second-order valence-corrected chi connectivity index (χ2v) is 9.15. The molecule has 2 heterocycles. The van der Waals surface area contributed by atoms with Crippen molar-refractivity contribution >= 4 is 49.1 Å². The lowest BCUT2D eigenvalue weighted by atomic mass is 10.2. The first-order valence-corrected chi connectivity index (χ1v) is 9.18. The minimum Gasteiger partial charge on any atom is -0.207 e. The lowest BCUT2D eigenvalue weighted by Crippen LogP contribution is -2.37. The third kappa shape index (κ3) is 3.22. The zero-order valence-electron chi connectivity index (χ0n) is 8.48. The van der Waals surface area contributed by atoms with Gasteiger partial charge < -0.3 is 0 Å². The Morgan fingerprint density at radius 3 is 2.81 bits per heavy atom. The smallest absolute Gasteiger partial charge is 0.207 e. The Bertz CT molecular complexity index is 451. The molecule has 1 aliphatic heterocycles. The molecule has 1 unspecified atom stereocenters. The fourth-order valence-electron chi connectivity index (χ4n) is 1.55. The van der Waals surface area contributed by atoms with Crippen LogP contribution in [-0.2, 0) is 10.0 Å². The standard InChI is InChI=1S/C9H12BrNO2S3/c10-8-3-4-9(15-8)16(12,13)11-7-2-1-5-14-6-7/h3-4,7,11H,1-2,5-6H2. The van der Waals surface area contributed by atoms with Crippen LogP contribution in [0.2, 0.25) is 0 Å². The number of rotatable bonds is 3. The summed E-state index contributed by atoms with van der Waals surface area (Å²) in [4.78, 5) is 0. The van der Waals surface area contributed by atoms with Crippen LogP contribution >= 0.6 is 39.0 Å². The molecule has 1 aromatic rings. The zero-order valence-corrected chi connectivity index (χ0v) is 12.5. The number of halogens is 1. The van der Waals surface area contributed by atoms with Crippen LogP contribution in [-0.4, -0.2) is 26.0 Å². The summed E-state index contributed by atoms with van der Waals surface area (Å²) in [6.07, 6.45) is 2.03. The molecule has 3 nitrogen and oxygen atoms in total. The molecule has 90 valence electrons. The van der Waals surface area contributed by atoms with E-state index in [1.54, 1.807) is 12.1 Å². The second-order valence-electron chi connectivity index (χ2n) is 3.59. The lowest BCUT2D eigenvalue weighted by Gasteiger charge is -2.21. The number of sulfonamides is 1. The molecule has 0 aliphatic carbocycles. The van der Waals surface area contributed by atoms with Crippen LogP contribution in [0.5, 0.6) is 0 Å². The van der Waals surface area contributed by atoms with Crippen LogP contribution in [0.15, 0.2) is 20.1 Å². The third-order valence-electron chi connectivity index (χ3n) is 2.30. The normalized spacial score (nSPS) is 22.2. The zero-order chi connectivity index (χ0) is 11.6. The van der Waals surface area contributed by atoms with Crippen LogP contribution in [0.3, 0.4) is 0 Å². The lowest BCUT2D eigenvalue weighted by molar-refractivity contribution is 0.545. The van der Waals surface area contributed by atoms with Crippen molar-refractivity contribution in [2.45, 2.75) is 23.1 Å². The Hall–Kier alpha value is 0.440. The number of hydrogen-bond acceptors (Lipinski definition) is 4. The maximum absolute atomic E-state index is 12.0. The maximum Gasteiger partial charge on any atom is 0.250 e. The number of nitrogens with one attached hydrogen (secondary N) is 1. The van der Waals surface area contributed by atoms with Gasteiger partial charge in [0.05, 0.1) is 3.79 Å². The van der Waals surface area contributed by atoms with Crippen molar-refractivity contribution in [1.29, 1.82) is 0 Å². The highest BCUT2D eigenvalue weighted by Gasteiger charge is 2.23. The molecule has 16 heavy (non-hydrogen) atoms. The minimum absolute atomic E-state index is 0.0876. The van der Waals surface area contributed by atoms with E-state index in [4.69, 9.17) is 0 Å². The highest BCUT2D eigenvalue weighted by atomic mass is 79.9. The number of hydrogen-bond donors (Lipinski definition) is 1. The molecule has 7 heteroatoms.